The quantitative estimate of drug-likeness (QED) is 0.532. The molecule has 3 aromatic rings. The molecule has 3 heterocycles. The van der Waals surface area contributed by atoms with Crippen LogP contribution in [0.5, 0.6) is 0 Å². The molecule has 2 aliphatic rings. The fraction of sp³-hybridized carbons (Fsp3) is 0.500. The third kappa shape index (κ3) is 4.59. The van der Waals surface area contributed by atoms with E-state index in [-0.39, 0.29) is 0 Å². The van der Waals surface area contributed by atoms with Gasteiger partial charge in [0.05, 0.1) is 22.5 Å². The molecule has 176 valence electrons. The van der Waals surface area contributed by atoms with Crippen LogP contribution in [0.25, 0.3) is 11.0 Å². The highest BCUT2D eigenvalue weighted by Crippen LogP contribution is 2.29. The predicted octanol–water partition coefficient (Wildman–Crippen LogP) is 4.61. The predicted molar refractivity (Wildman–Crippen MR) is 132 cm³/mol. The van der Waals surface area contributed by atoms with Gasteiger partial charge >= 0.3 is 0 Å². The zero-order chi connectivity index (χ0) is 22.8. The average molecular weight is 467 g/mol. The van der Waals surface area contributed by atoms with Crippen molar-refractivity contribution in [2.75, 3.05) is 26.2 Å². The van der Waals surface area contributed by atoms with Gasteiger partial charge in [-0.1, -0.05) is 36.8 Å². The summed E-state index contributed by atoms with van der Waals surface area (Å²) in [7, 11) is -3.45. The van der Waals surface area contributed by atoms with Gasteiger partial charge in [0.2, 0.25) is 10.0 Å². The third-order valence-corrected chi connectivity index (χ3v) is 9.19. The van der Waals surface area contributed by atoms with Crippen LogP contribution in [-0.2, 0) is 23.1 Å². The molecule has 7 heteroatoms. The van der Waals surface area contributed by atoms with Crippen LogP contribution in [-0.4, -0.2) is 53.4 Å². The van der Waals surface area contributed by atoms with E-state index >= 15 is 0 Å². The largest absolute Gasteiger partial charge is 0.327 e. The van der Waals surface area contributed by atoms with Crippen molar-refractivity contribution >= 4 is 21.1 Å². The number of aryl methyl sites for hydroxylation is 1. The molecule has 0 N–H and O–H groups in total. The van der Waals surface area contributed by atoms with E-state index in [0.717, 1.165) is 75.1 Å². The minimum Gasteiger partial charge on any atom is -0.327 e. The monoisotopic (exact) mass is 466 g/mol. The van der Waals surface area contributed by atoms with Gasteiger partial charge in [0.25, 0.3) is 0 Å². The molecule has 0 amide bonds. The molecule has 0 saturated carbocycles. The first kappa shape index (κ1) is 22.6. The highest BCUT2D eigenvalue weighted by atomic mass is 32.2. The summed E-state index contributed by atoms with van der Waals surface area (Å²) >= 11 is 0. The van der Waals surface area contributed by atoms with Crippen molar-refractivity contribution in [2.45, 2.75) is 62.9 Å². The summed E-state index contributed by atoms with van der Waals surface area (Å²) in [6.45, 7) is 7.11. The lowest BCUT2D eigenvalue weighted by atomic mass is 9.89. The zero-order valence-electron chi connectivity index (χ0n) is 19.5. The Morgan fingerprint density at radius 3 is 2.36 bits per heavy atom. The highest BCUT2D eigenvalue weighted by Gasteiger charge is 2.27. The molecule has 0 bridgehead atoms. The molecule has 33 heavy (non-hydrogen) atoms. The number of sulfonamides is 1. The van der Waals surface area contributed by atoms with Gasteiger partial charge in [0.15, 0.2) is 0 Å². The lowest BCUT2D eigenvalue weighted by molar-refractivity contribution is 0.198. The lowest BCUT2D eigenvalue weighted by Gasteiger charge is -2.32. The van der Waals surface area contributed by atoms with Crippen LogP contribution in [0.1, 0.15) is 56.3 Å². The minimum absolute atomic E-state index is 0.368. The van der Waals surface area contributed by atoms with E-state index in [1.807, 2.05) is 6.07 Å². The van der Waals surface area contributed by atoms with Crippen molar-refractivity contribution < 1.29 is 8.42 Å². The smallest absolute Gasteiger partial charge is 0.243 e. The number of fused-ring (bicyclic) bond motifs is 1. The molecular formula is C26H34N4O2S. The van der Waals surface area contributed by atoms with E-state index in [1.165, 1.54) is 5.56 Å². The zero-order valence-corrected chi connectivity index (χ0v) is 20.3. The molecule has 0 aliphatic carbocycles. The van der Waals surface area contributed by atoms with Gasteiger partial charge in [-0.3, -0.25) is 4.90 Å². The number of nitrogens with zero attached hydrogens (tertiary/aromatic N) is 4. The van der Waals surface area contributed by atoms with Gasteiger partial charge in [-0.25, -0.2) is 13.4 Å². The Labute approximate surface area is 197 Å². The molecule has 0 unspecified atom stereocenters. The van der Waals surface area contributed by atoms with Crippen LogP contribution < -0.4 is 0 Å². The summed E-state index contributed by atoms with van der Waals surface area (Å²) in [4.78, 5) is 7.77. The van der Waals surface area contributed by atoms with Crippen molar-refractivity contribution in [2.24, 2.45) is 0 Å². The number of hydrogen-bond acceptors (Lipinski definition) is 4. The first-order chi connectivity index (χ1) is 16.1. The van der Waals surface area contributed by atoms with Crippen molar-refractivity contribution in [1.29, 1.82) is 0 Å². The molecular weight excluding hydrogens is 432 g/mol. The van der Waals surface area contributed by atoms with Gasteiger partial charge in [-0.05, 0) is 75.4 Å². The van der Waals surface area contributed by atoms with Gasteiger partial charge < -0.3 is 4.57 Å². The topological polar surface area (TPSA) is 58.4 Å². The number of aromatic nitrogens is 2. The molecule has 2 saturated heterocycles. The van der Waals surface area contributed by atoms with Crippen LogP contribution in [0.3, 0.4) is 0 Å². The maximum atomic E-state index is 13.1. The Bertz CT molecular complexity index is 1190. The molecule has 0 spiro atoms. The number of piperidine rings is 2. The van der Waals surface area contributed by atoms with Crippen LogP contribution >= 0.6 is 0 Å². The van der Waals surface area contributed by atoms with Crippen molar-refractivity contribution in [3.05, 3.63) is 59.9 Å². The molecule has 0 atom stereocenters. The van der Waals surface area contributed by atoms with E-state index in [9.17, 15) is 8.42 Å². The maximum absolute atomic E-state index is 13.1. The van der Waals surface area contributed by atoms with Crippen LogP contribution in [0.4, 0.5) is 0 Å². The van der Waals surface area contributed by atoms with Crippen LogP contribution in [0.15, 0.2) is 53.4 Å². The molecule has 2 aromatic carbocycles. The van der Waals surface area contributed by atoms with E-state index in [2.05, 4.69) is 46.7 Å². The van der Waals surface area contributed by atoms with Gasteiger partial charge in [-0.15, -0.1) is 0 Å². The minimum atomic E-state index is -3.45. The number of likely N-dealkylation sites (tertiary alicyclic amines) is 1. The summed E-state index contributed by atoms with van der Waals surface area (Å²) in [6.07, 6.45) is 5.31. The van der Waals surface area contributed by atoms with E-state index in [1.54, 1.807) is 16.4 Å². The van der Waals surface area contributed by atoms with Crippen molar-refractivity contribution in [1.82, 2.24) is 18.8 Å². The first-order valence-corrected chi connectivity index (χ1v) is 13.8. The SMILES string of the molecule is CCn1c(CN2CCC(c3ccccc3)CC2)nc2cc(S(=O)(=O)N3CCCCC3)ccc21. The summed E-state index contributed by atoms with van der Waals surface area (Å²) in [6, 6.07) is 16.3. The summed E-state index contributed by atoms with van der Waals surface area (Å²) in [5, 5.41) is 0. The molecule has 1 aromatic heterocycles. The Morgan fingerprint density at radius 1 is 0.939 bits per heavy atom. The first-order valence-electron chi connectivity index (χ1n) is 12.3. The second kappa shape index (κ2) is 9.57. The fourth-order valence-electron chi connectivity index (χ4n) is 5.40. The Kier molecular flexibility index (Phi) is 6.54. The average Bonchev–Trinajstić information content (AvgIpc) is 3.21. The molecule has 0 radical (unpaired) electrons. The summed E-state index contributed by atoms with van der Waals surface area (Å²) in [5.74, 6) is 1.66. The lowest BCUT2D eigenvalue weighted by Crippen LogP contribution is -2.35. The van der Waals surface area contributed by atoms with Gasteiger partial charge in [0.1, 0.15) is 5.82 Å². The Balaban J connectivity index is 1.33. The maximum Gasteiger partial charge on any atom is 0.243 e. The second-order valence-electron chi connectivity index (χ2n) is 9.35. The molecule has 6 nitrogen and oxygen atoms in total. The summed E-state index contributed by atoms with van der Waals surface area (Å²) < 4.78 is 30.1. The number of imidazole rings is 1. The van der Waals surface area contributed by atoms with Crippen molar-refractivity contribution in [3.8, 4) is 0 Å². The standard InChI is InChI=1S/C26H34N4O2S/c1-2-30-25-12-11-23(33(31,32)29-15-7-4-8-16-29)19-24(25)27-26(30)20-28-17-13-22(14-18-28)21-9-5-3-6-10-21/h3,5-6,9-12,19,22H,2,4,7-8,13-18,20H2,1H3. The van der Waals surface area contributed by atoms with Gasteiger partial charge in [0, 0.05) is 19.6 Å². The second-order valence-corrected chi connectivity index (χ2v) is 11.3. The number of rotatable bonds is 6. The fourth-order valence-corrected chi connectivity index (χ4v) is 6.94. The van der Waals surface area contributed by atoms with Crippen LogP contribution in [0.2, 0.25) is 0 Å². The van der Waals surface area contributed by atoms with E-state index in [4.69, 9.17) is 4.98 Å². The van der Waals surface area contributed by atoms with Crippen molar-refractivity contribution in [3.63, 3.8) is 0 Å². The number of hydrogen-bond donors (Lipinski definition) is 0. The molecule has 5 rings (SSSR count). The van der Waals surface area contributed by atoms with Crippen LogP contribution in [0, 0.1) is 0 Å². The normalized spacial score (nSPS) is 19.3. The Hall–Kier alpha value is -2.22. The molecule has 2 fully saturated rings. The van der Waals surface area contributed by atoms with Gasteiger partial charge in [-0.2, -0.15) is 4.31 Å². The molecule has 2 aliphatic heterocycles. The van der Waals surface area contributed by atoms with E-state index < -0.39 is 10.0 Å². The third-order valence-electron chi connectivity index (χ3n) is 7.29. The number of benzene rings is 2. The van der Waals surface area contributed by atoms with E-state index in [0.29, 0.717) is 23.9 Å². The highest BCUT2D eigenvalue weighted by molar-refractivity contribution is 7.89. The Morgan fingerprint density at radius 2 is 1.67 bits per heavy atom. The summed E-state index contributed by atoms with van der Waals surface area (Å²) in [5.41, 5.74) is 3.24.